The SMILES string of the molecule is CC(C)(C)OC(=O)N[C@@H](CC=O)c1cc(Br)cc(Br)c1. The van der Waals surface area contributed by atoms with Crippen LogP contribution >= 0.6 is 31.9 Å². The summed E-state index contributed by atoms with van der Waals surface area (Å²) in [5.74, 6) is 0. The van der Waals surface area contributed by atoms with Gasteiger partial charge in [0.25, 0.3) is 0 Å². The number of rotatable bonds is 4. The quantitative estimate of drug-likeness (QED) is 0.755. The summed E-state index contributed by atoms with van der Waals surface area (Å²) < 4.78 is 6.94. The van der Waals surface area contributed by atoms with E-state index in [9.17, 15) is 9.59 Å². The van der Waals surface area contributed by atoms with E-state index in [1.165, 1.54) is 0 Å². The normalized spacial score (nSPS) is 12.7. The van der Waals surface area contributed by atoms with Gasteiger partial charge in [-0.25, -0.2) is 4.79 Å². The number of hydrogen-bond acceptors (Lipinski definition) is 3. The van der Waals surface area contributed by atoms with Crippen molar-refractivity contribution in [3.05, 3.63) is 32.7 Å². The molecule has 0 radical (unpaired) electrons. The number of hydrogen-bond donors (Lipinski definition) is 1. The smallest absolute Gasteiger partial charge is 0.408 e. The van der Waals surface area contributed by atoms with Crippen molar-refractivity contribution in [2.45, 2.75) is 38.8 Å². The molecule has 0 bridgehead atoms. The van der Waals surface area contributed by atoms with E-state index in [1.807, 2.05) is 18.2 Å². The number of benzene rings is 1. The molecule has 1 atom stereocenters. The Kier molecular flexibility index (Phi) is 6.20. The average Bonchev–Trinajstić information content (AvgIpc) is 2.24. The molecule has 0 aromatic heterocycles. The predicted molar refractivity (Wildman–Crippen MR) is 84.6 cm³/mol. The molecular formula is C14H17Br2NO3. The van der Waals surface area contributed by atoms with Crippen molar-refractivity contribution >= 4 is 44.2 Å². The van der Waals surface area contributed by atoms with Gasteiger partial charge in [0.1, 0.15) is 11.9 Å². The zero-order valence-electron chi connectivity index (χ0n) is 11.6. The summed E-state index contributed by atoms with van der Waals surface area (Å²) in [6, 6.07) is 5.18. The largest absolute Gasteiger partial charge is 0.444 e. The molecule has 0 heterocycles. The summed E-state index contributed by atoms with van der Waals surface area (Å²) >= 11 is 6.77. The summed E-state index contributed by atoms with van der Waals surface area (Å²) in [5, 5.41) is 2.71. The van der Waals surface area contributed by atoms with Gasteiger partial charge < -0.3 is 14.8 Å². The maximum atomic E-state index is 11.8. The molecule has 6 heteroatoms. The van der Waals surface area contributed by atoms with Crippen LogP contribution in [-0.2, 0) is 9.53 Å². The van der Waals surface area contributed by atoms with E-state index in [2.05, 4.69) is 37.2 Å². The van der Waals surface area contributed by atoms with Gasteiger partial charge in [-0.15, -0.1) is 0 Å². The minimum atomic E-state index is -0.576. The Bertz CT molecular complexity index is 477. The van der Waals surface area contributed by atoms with Crippen LogP contribution in [0.2, 0.25) is 0 Å². The Balaban J connectivity index is 2.88. The van der Waals surface area contributed by atoms with Crippen molar-refractivity contribution in [3.8, 4) is 0 Å². The van der Waals surface area contributed by atoms with Gasteiger partial charge in [-0.2, -0.15) is 0 Å². The lowest BCUT2D eigenvalue weighted by Crippen LogP contribution is -2.35. The Morgan fingerprint density at radius 2 is 1.85 bits per heavy atom. The monoisotopic (exact) mass is 405 g/mol. The maximum Gasteiger partial charge on any atom is 0.408 e. The van der Waals surface area contributed by atoms with E-state index in [-0.39, 0.29) is 6.42 Å². The van der Waals surface area contributed by atoms with E-state index in [0.717, 1.165) is 20.8 Å². The van der Waals surface area contributed by atoms with Crippen LogP contribution in [0.3, 0.4) is 0 Å². The van der Waals surface area contributed by atoms with Gasteiger partial charge in [0.05, 0.1) is 6.04 Å². The Morgan fingerprint density at radius 3 is 2.30 bits per heavy atom. The van der Waals surface area contributed by atoms with Crippen molar-refractivity contribution < 1.29 is 14.3 Å². The van der Waals surface area contributed by atoms with Crippen LogP contribution < -0.4 is 5.32 Å². The maximum absolute atomic E-state index is 11.8. The van der Waals surface area contributed by atoms with Crippen LogP contribution in [0.5, 0.6) is 0 Å². The molecule has 110 valence electrons. The third-order valence-electron chi connectivity index (χ3n) is 2.31. The fourth-order valence-corrected chi connectivity index (χ4v) is 2.93. The number of ether oxygens (including phenoxy) is 1. The average molecular weight is 407 g/mol. The summed E-state index contributed by atoms with van der Waals surface area (Å²) in [4.78, 5) is 22.6. The van der Waals surface area contributed by atoms with Crippen LogP contribution in [0.1, 0.15) is 38.8 Å². The molecule has 0 aliphatic heterocycles. The van der Waals surface area contributed by atoms with Crippen molar-refractivity contribution in [1.82, 2.24) is 5.32 Å². The van der Waals surface area contributed by atoms with Gasteiger partial charge in [0.15, 0.2) is 0 Å². The Labute approximate surface area is 135 Å². The molecule has 0 saturated heterocycles. The van der Waals surface area contributed by atoms with Gasteiger partial charge in [0, 0.05) is 15.4 Å². The Hall–Kier alpha value is -0.880. The van der Waals surface area contributed by atoms with E-state index < -0.39 is 17.7 Å². The lowest BCUT2D eigenvalue weighted by Gasteiger charge is -2.23. The first-order chi connectivity index (χ1) is 9.21. The molecule has 4 nitrogen and oxygen atoms in total. The number of aldehydes is 1. The van der Waals surface area contributed by atoms with Gasteiger partial charge in [-0.1, -0.05) is 31.9 Å². The molecular weight excluding hydrogens is 390 g/mol. The van der Waals surface area contributed by atoms with Crippen molar-refractivity contribution in [2.75, 3.05) is 0 Å². The molecule has 1 rings (SSSR count). The molecule has 0 aliphatic carbocycles. The van der Waals surface area contributed by atoms with E-state index in [0.29, 0.717) is 0 Å². The third-order valence-corrected chi connectivity index (χ3v) is 3.23. The lowest BCUT2D eigenvalue weighted by molar-refractivity contribution is -0.108. The second kappa shape index (κ2) is 7.22. The highest BCUT2D eigenvalue weighted by atomic mass is 79.9. The molecule has 0 saturated carbocycles. The van der Waals surface area contributed by atoms with Crippen LogP contribution in [0.4, 0.5) is 4.79 Å². The molecule has 0 fully saturated rings. The molecule has 1 aromatic carbocycles. The van der Waals surface area contributed by atoms with Crippen molar-refractivity contribution in [2.24, 2.45) is 0 Å². The van der Waals surface area contributed by atoms with Crippen LogP contribution in [-0.4, -0.2) is 18.0 Å². The van der Waals surface area contributed by atoms with Crippen molar-refractivity contribution in [1.29, 1.82) is 0 Å². The van der Waals surface area contributed by atoms with E-state index in [1.54, 1.807) is 20.8 Å². The third kappa shape index (κ3) is 6.05. The first kappa shape index (κ1) is 17.2. The highest BCUT2D eigenvalue weighted by Gasteiger charge is 2.20. The van der Waals surface area contributed by atoms with E-state index >= 15 is 0 Å². The summed E-state index contributed by atoms with van der Waals surface area (Å²) in [6.45, 7) is 5.37. The highest BCUT2D eigenvalue weighted by molar-refractivity contribution is 9.11. The molecule has 0 spiro atoms. The standard InChI is InChI=1S/C14H17Br2NO3/c1-14(2,3)20-13(19)17-12(4-5-18)9-6-10(15)8-11(16)7-9/h5-8,12H,4H2,1-3H3,(H,17,19)/t12-/m0/s1. The van der Waals surface area contributed by atoms with Gasteiger partial charge >= 0.3 is 6.09 Å². The molecule has 1 N–H and O–H groups in total. The van der Waals surface area contributed by atoms with Crippen molar-refractivity contribution in [3.63, 3.8) is 0 Å². The second-order valence-electron chi connectivity index (χ2n) is 5.30. The van der Waals surface area contributed by atoms with Crippen LogP contribution in [0.25, 0.3) is 0 Å². The highest BCUT2D eigenvalue weighted by Crippen LogP contribution is 2.25. The summed E-state index contributed by atoms with van der Waals surface area (Å²) in [6.07, 6.45) is 0.416. The fraction of sp³-hybridized carbons (Fsp3) is 0.429. The minimum Gasteiger partial charge on any atom is -0.444 e. The first-order valence-electron chi connectivity index (χ1n) is 6.10. The van der Waals surface area contributed by atoms with Gasteiger partial charge in [0.2, 0.25) is 0 Å². The number of alkyl carbamates (subject to hydrolysis) is 1. The van der Waals surface area contributed by atoms with Gasteiger partial charge in [-0.05, 0) is 44.5 Å². The Morgan fingerprint density at radius 1 is 1.30 bits per heavy atom. The summed E-state index contributed by atoms with van der Waals surface area (Å²) in [7, 11) is 0. The number of halogens is 2. The topological polar surface area (TPSA) is 55.4 Å². The summed E-state index contributed by atoms with van der Waals surface area (Å²) in [5.41, 5.74) is 0.248. The first-order valence-corrected chi connectivity index (χ1v) is 7.69. The van der Waals surface area contributed by atoms with Gasteiger partial charge in [-0.3, -0.25) is 0 Å². The fourth-order valence-electron chi connectivity index (χ4n) is 1.60. The number of amides is 1. The number of nitrogens with one attached hydrogen (secondary N) is 1. The molecule has 0 unspecified atom stereocenters. The number of carbonyl (C=O) groups is 2. The molecule has 1 amide bonds. The van der Waals surface area contributed by atoms with E-state index in [4.69, 9.17) is 4.74 Å². The minimum absolute atomic E-state index is 0.183. The zero-order valence-corrected chi connectivity index (χ0v) is 14.7. The molecule has 20 heavy (non-hydrogen) atoms. The van der Waals surface area contributed by atoms with Crippen LogP contribution in [0, 0.1) is 0 Å². The zero-order chi connectivity index (χ0) is 15.3. The molecule has 1 aromatic rings. The molecule has 0 aliphatic rings. The van der Waals surface area contributed by atoms with Crippen LogP contribution in [0.15, 0.2) is 27.1 Å². The number of carbonyl (C=O) groups excluding carboxylic acids is 2. The lowest BCUT2D eigenvalue weighted by atomic mass is 10.0. The predicted octanol–water partition coefficient (Wildman–Crippen LogP) is 4.37. The second-order valence-corrected chi connectivity index (χ2v) is 7.14.